The van der Waals surface area contributed by atoms with E-state index in [1.807, 2.05) is 47.9 Å². The minimum Gasteiger partial charge on any atom is -0.480 e. The Balaban J connectivity index is 1.44. The molecule has 20 heteroatoms. The largest absolute Gasteiger partial charge is 0.480 e. The lowest BCUT2D eigenvalue weighted by Gasteiger charge is -2.33. The van der Waals surface area contributed by atoms with Crippen molar-refractivity contribution < 1.29 is 53.7 Å². The summed E-state index contributed by atoms with van der Waals surface area (Å²) < 4.78 is 0. The Morgan fingerprint density at radius 2 is 1.23 bits per heavy atom. The van der Waals surface area contributed by atoms with Crippen molar-refractivity contribution in [2.75, 3.05) is 98.2 Å². The predicted molar refractivity (Wildman–Crippen MR) is 246 cm³/mol. The van der Waals surface area contributed by atoms with E-state index in [1.165, 1.54) is 0 Å². The summed E-state index contributed by atoms with van der Waals surface area (Å²) in [7, 11) is 0. The minimum absolute atomic E-state index is 0.117. The lowest BCUT2D eigenvalue weighted by atomic mass is 10.1. The van der Waals surface area contributed by atoms with Crippen LogP contribution in [0.2, 0.25) is 0 Å². The maximum absolute atomic E-state index is 13.8. The third-order valence-electron chi connectivity index (χ3n) is 11.2. The number of aliphatic carboxylic acids is 3. The van der Waals surface area contributed by atoms with E-state index in [1.54, 1.807) is 34.1 Å². The lowest BCUT2D eigenvalue weighted by Crippen LogP contribution is -2.49. The molecule has 364 valence electrons. The lowest BCUT2D eigenvalue weighted by molar-refractivity contribution is -0.140. The van der Waals surface area contributed by atoms with Crippen LogP contribution in [0.25, 0.3) is 0 Å². The smallest absolute Gasteiger partial charge is 0.326 e. The van der Waals surface area contributed by atoms with Crippen molar-refractivity contribution >= 4 is 47.9 Å². The number of likely N-dealkylation sites (N-methyl/N-ethyl adjacent to an activating group) is 1. The number of nitrogens with one attached hydrogen (secondary N) is 4. The van der Waals surface area contributed by atoms with Crippen molar-refractivity contribution in [2.45, 2.75) is 71.5 Å². The van der Waals surface area contributed by atoms with Gasteiger partial charge in [-0.1, -0.05) is 48.9 Å². The molecule has 0 radical (unpaired) electrons. The molecule has 66 heavy (non-hydrogen) atoms. The van der Waals surface area contributed by atoms with E-state index in [4.69, 9.17) is 0 Å². The average molecular weight is 924 g/mol. The monoisotopic (exact) mass is 924 g/mol. The number of carbonyl (C=O) groups is 8. The zero-order valence-corrected chi connectivity index (χ0v) is 38.4. The fourth-order valence-corrected chi connectivity index (χ4v) is 7.30. The molecule has 1 atom stereocenters. The SMILES string of the molecule is CCN1CCN(CC(=O)O)CCN(CC(=O)O)CCN(CC(=O)NCCCCC(=O)NCc2ccc(C(=O)N(CCCCC(NC(=O)NCC=O)C(=O)O)Cc3ccc(C)cc3)cc2)CC1. The second-order valence-electron chi connectivity index (χ2n) is 16.5. The van der Waals surface area contributed by atoms with Gasteiger partial charge in [0, 0.05) is 90.5 Å². The molecule has 1 aliphatic rings. The van der Waals surface area contributed by atoms with Crippen LogP contribution in [0.3, 0.4) is 0 Å². The summed E-state index contributed by atoms with van der Waals surface area (Å²) in [5.41, 5.74) is 3.26. The van der Waals surface area contributed by atoms with Gasteiger partial charge in [0.15, 0.2) is 0 Å². The van der Waals surface area contributed by atoms with Crippen LogP contribution in [0.1, 0.15) is 72.5 Å². The zero-order valence-electron chi connectivity index (χ0n) is 38.4. The highest BCUT2D eigenvalue weighted by atomic mass is 16.4. The van der Waals surface area contributed by atoms with Crippen LogP contribution >= 0.6 is 0 Å². The zero-order chi connectivity index (χ0) is 48.3. The van der Waals surface area contributed by atoms with Crippen LogP contribution in [0.4, 0.5) is 4.79 Å². The standard InChI is InChI=1S/C46H69N9O11/c1-3-51-21-23-52(25-26-54(34-43(61)62)28-27-53(24-22-51)33-42(59)60)32-41(58)47-18-6-4-9-40(57)49-30-36-14-16-38(17-15-36)44(63)55(31-37-12-10-35(2)11-13-37)20-7-5-8-39(45(64)65)50-46(66)48-19-29-56/h10-17,29,39H,3-9,18-28,30-34H2,1-2H3,(H,47,58)(H,49,57)(H,59,60)(H,61,62)(H,64,65)(H2,48,50,66). The van der Waals surface area contributed by atoms with Crippen LogP contribution in [0.15, 0.2) is 48.5 Å². The molecule has 0 spiro atoms. The number of carboxylic acid groups (broad SMARTS) is 3. The van der Waals surface area contributed by atoms with Crippen molar-refractivity contribution in [3.63, 3.8) is 0 Å². The van der Waals surface area contributed by atoms with Crippen LogP contribution in [0.5, 0.6) is 0 Å². The second kappa shape index (κ2) is 30.3. The summed E-state index contributed by atoms with van der Waals surface area (Å²) >= 11 is 0. The number of hydrogen-bond donors (Lipinski definition) is 7. The third-order valence-corrected chi connectivity index (χ3v) is 11.2. The Labute approximate surface area is 387 Å². The molecule has 1 saturated heterocycles. The van der Waals surface area contributed by atoms with Gasteiger partial charge in [0.2, 0.25) is 11.8 Å². The van der Waals surface area contributed by atoms with Gasteiger partial charge >= 0.3 is 23.9 Å². The summed E-state index contributed by atoms with van der Waals surface area (Å²) in [6.07, 6.45) is 2.92. The number of rotatable bonds is 26. The molecule has 0 bridgehead atoms. The van der Waals surface area contributed by atoms with Gasteiger partial charge in [-0.2, -0.15) is 0 Å². The number of aryl methyl sites for hydroxylation is 1. The van der Waals surface area contributed by atoms with E-state index in [9.17, 15) is 53.7 Å². The Hall–Kier alpha value is -5.96. The molecule has 1 fully saturated rings. The Kier molecular flexibility index (Phi) is 24.9. The molecular formula is C46H69N9O11. The van der Waals surface area contributed by atoms with Crippen molar-refractivity contribution in [3.05, 3.63) is 70.8 Å². The first-order valence-electron chi connectivity index (χ1n) is 22.7. The molecule has 2 aromatic carbocycles. The fourth-order valence-electron chi connectivity index (χ4n) is 7.30. The molecule has 1 unspecified atom stereocenters. The molecular weight excluding hydrogens is 855 g/mol. The third kappa shape index (κ3) is 22.3. The van der Waals surface area contributed by atoms with E-state index >= 15 is 0 Å². The van der Waals surface area contributed by atoms with Gasteiger partial charge in [-0.15, -0.1) is 0 Å². The Morgan fingerprint density at radius 3 is 1.77 bits per heavy atom. The topological polar surface area (TPSA) is 262 Å². The minimum atomic E-state index is -1.20. The molecule has 0 saturated carbocycles. The van der Waals surface area contributed by atoms with Crippen LogP contribution < -0.4 is 21.3 Å². The summed E-state index contributed by atoms with van der Waals surface area (Å²) in [4.78, 5) is 106. The average Bonchev–Trinajstić information content (AvgIpc) is 3.28. The number of nitrogens with zero attached hydrogens (tertiary/aromatic N) is 5. The predicted octanol–water partition coefficient (Wildman–Crippen LogP) is 1.07. The molecule has 0 aromatic heterocycles. The van der Waals surface area contributed by atoms with Gasteiger partial charge in [0.1, 0.15) is 12.3 Å². The number of unbranched alkanes of at least 4 members (excludes halogenated alkanes) is 2. The first-order chi connectivity index (χ1) is 31.6. The first-order valence-corrected chi connectivity index (χ1v) is 22.7. The molecule has 5 amide bonds. The molecule has 20 nitrogen and oxygen atoms in total. The molecule has 7 N–H and O–H groups in total. The second-order valence-corrected chi connectivity index (χ2v) is 16.5. The number of benzene rings is 2. The van der Waals surface area contributed by atoms with E-state index < -0.39 is 30.0 Å². The van der Waals surface area contributed by atoms with E-state index in [0.29, 0.717) is 110 Å². The van der Waals surface area contributed by atoms with Crippen LogP contribution in [-0.4, -0.2) is 192 Å². The first kappa shape index (κ1) is 54.4. The molecule has 0 aliphatic carbocycles. The molecule has 1 aliphatic heterocycles. The summed E-state index contributed by atoms with van der Waals surface area (Å²) in [5, 5.41) is 38.8. The van der Waals surface area contributed by atoms with E-state index in [0.717, 1.165) is 23.2 Å². The van der Waals surface area contributed by atoms with Crippen LogP contribution in [-0.2, 0) is 41.9 Å². The number of aldehydes is 1. The Bertz CT molecular complexity index is 1870. The van der Waals surface area contributed by atoms with Crippen molar-refractivity contribution in [3.8, 4) is 0 Å². The van der Waals surface area contributed by atoms with Crippen molar-refractivity contribution in [1.82, 2.24) is 45.8 Å². The normalized spacial score (nSPS) is 15.0. The van der Waals surface area contributed by atoms with E-state index in [-0.39, 0.29) is 63.3 Å². The van der Waals surface area contributed by atoms with Crippen LogP contribution in [0, 0.1) is 6.92 Å². The molecule has 3 rings (SSSR count). The highest BCUT2D eigenvalue weighted by Crippen LogP contribution is 2.15. The van der Waals surface area contributed by atoms with Crippen molar-refractivity contribution in [1.29, 1.82) is 0 Å². The number of amides is 5. The number of carbonyl (C=O) groups excluding carboxylic acids is 5. The maximum atomic E-state index is 13.8. The number of carboxylic acids is 3. The van der Waals surface area contributed by atoms with Gasteiger partial charge in [-0.25, -0.2) is 9.59 Å². The fraction of sp³-hybridized carbons (Fsp3) is 0.565. The summed E-state index contributed by atoms with van der Waals surface area (Å²) in [6, 6.07) is 12.9. The quantitative estimate of drug-likeness (QED) is 0.0515. The molecule has 2 aromatic rings. The van der Waals surface area contributed by atoms with Gasteiger partial charge in [0.25, 0.3) is 5.91 Å². The maximum Gasteiger partial charge on any atom is 0.326 e. The van der Waals surface area contributed by atoms with Crippen molar-refractivity contribution in [2.24, 2.45) is 0 Å². The van der Waals surface area contributed by atoms with Gasteiger partial charge in [-0.05, 0) is 68.8 Å². The van der Waals surface area contributed by atoms with Gasteiger partial charge in [-0.3, -0.25) is 38.7 Å². The highest BCUT2D eigenvalue weighted by molar-refractivity contribution is 5.94. The summed E-state index contributed by atoms with van der Waals surface area (Å²) in [5.74, 6) is -3.63. The summed E-state index contributed by atoms with van der Waals surface area (Å²) in [6.45, 7) is 9.82. The van der Waals surface area contributed by atoms with Gasteiger partial charge < -0.3 is 51.2 Å². The highest BCUT2D eigenvalue weighted by Gasteiger charge is 2.22. The number of hydrogen-bond acceptors (Lipinski definition) is 12. The number of urea groups is 1. The van der Waals surface area contributed by atoms with Gasteiger partial charge in [0.05, 0.1) is 26.2 Å². The van der Waals surface area contributed by atoms with E-state index in [2.05, 4.69) is 26.2 Å². The molecule has 1 heterocycles. The Morgan fingerprint density at radius 1 is 0.667 bits per heavy atom.